The molecule has 0 aromatic heterocycles. The molecule has 0 rings (SSSR count). The molecule has 0 unspecified atom stereocenters. The summed E-state index contributed by atoms with van der Waals surface area (Å²) in [6, 6.07) is 0. The molecule has 5 nitrogen and oxygen atoms in total. The highest BCUT2D eigenvalue weighted by Crippen LogP contribution is 1.86. The molecule has 6 heteroatoms. The molecule has 0 atom stereocenters. The summed E-state index contributed by atoms with van der Waals surface area (Å²) in [6.07, 6.45) is 0.238. The first-order valence-electron chi connectivity index (χ1n) is 3.70. The van der Waals surface area contributed by atoms with Crippen LogP contribution in [0.25, 0.3) is 0 Å². The molecule has 0 radical (unpaired) electrons. The Morgan fingerprint density at radius 3 is 2.62 bits per heavy atom. The predicted octanol–water partition coefficient (Wildman–Crippen LogP) is -1.03. The summed E-state index contributed by atoms with van der Waals surface area (Å²) in [4.78, 5) is 21.7. The Morgan fingerprint density at radius 2 is 2.15 bits per heavy atom. The van der Waals surface area contributed by atoms with Crippen molar-refractivity contribution >= 4 is 24.4 Å². The zero-order valence-electron chi connectivity index (χ0n) is 7.33. The van der Waals surface area contributed by atoms with Crippen molar-refractivity contribution in [2.75, 3.05) is 13.6 Å². The first-order valence-corrected chi connectivity index (χ1v) is 4.22. The second kappa shape index (κ2) is 6.36. The van der Waals surface area contributed by atoms with Gasteiger partial charge >= 0.3 is 0 Å². The van der Waals surface area contributed by atoms with Gasteiger partial charge in [-0.3, -0.25) is 9.59 Å². The molecular formula is C7H13N3O2S. The normalized spacial score (nSPS) is 10.8. The first kappa shape index (κ1) is 11.8. The molecule has 0 saturated heterocycles. The summed E-state index contributed by atoms with van der Waals surface area (Å²) in [6.45, 7) is 0.265. The maximum atomic E-state index is 11.0. The minimum absolute atomic E-state index is 0.0280. The second-order valence-corrected chi connectivity index (χ2v) is 2.52. The molecule has 0 aliphatic rings. The number of thiol groups is 1. The Labute approximate surface area is 82.2 Å². The third-order valence-electron chi connectivity index (χ3n) is 1.32. The molecule has 0 aromatic carbocycles. The highest BCUT2D eigenvalue weighted by atomic mass is 32.1. The molecule has 2 amide bonds. The minimum atomic E-state index is -0.418. The maximum absolute atomic E-state index is 11.0. The SMILES string of the molecule is CNC(=O)CCNC(=O)/C(N)=C/S. The van der Waals surface area contributed by atoms with Crippen LogP contribution in [0, 0.1) is 0 Å². The van der Waals surface area contributed by atoms with Gasteiger partial charge < -0.3 is 16.4 Å². The highest BCUT2D eigenvalue weighted by Gasteiger charge is 2.03. The lowest BCUT2D eigenvalue weighted by atomic mass is 10.4. The Bertz CT molecular complexity index is 228. The van der Waals surface area contributed by atoms with E-state index in [0.717, 1.165) is 0 Å². The minimum Gasteiger partial charge on any atom is -0.394 e. The van der Waals surface area contributed by atoms with Crippen LogP contribution in [0.1, 0.15) is 6.42 Å². The number of carbonyl (C=O) groups excluding carboxylic acids is 2. The predicted molar refractivity (Wildman–Crippen MR) is 52.9 cm³/mol. The van der Waals surface area contributed by atoms with E-state index in [-0.39, 0.29) is 24.6 Å². The number of nitrogens with two attached hydrogens (primary N) is 1. The van der Waals surface area contributed by atoms with Crippen LogP contribution in [0.3, 0.4) is 0 Å². The quantitative estimate of drug-likeness (QED) is 0.348. The number of rotatable bonds is 4. The van der Waals surface area contributed by atoms with Gasteiger partial charge in [-0.15, -0.1) is 12.6 Å². The number of hydrogen-bond donors (Lipinski definition) is 4. The van der Waals surface area contributed by atoms with Crippen LogP contribution in [0.5, 0.6) is 0 Å². The standard InChI is InChI=1S/C7H13N3O2S/c1-9-6(11)2-3-10-7(12)5(8)4-13/h4,13H,2-3,8H2,1H3,(H,9,11)(H,10,12)/b5-4-. The summed E-state index contributed by atoms with van der Waals surface area (Å²) in [7, 11) is 1.53. The maximum Gasteiger partial charge on any atom is 0.267 e. The van der Waals surface area contributed by atoms with Crippen molar-refractivity contribution in [3.8, 4) is 0 Å². The summed E-state index contributed by atoms with van der Waals surface area (Å²) in [5.41, 5.74) is 5.27. The topological polar surface area (TPSA) is 84.2 Å². The summed E-state index contributed by atoms with van der Waals surface area (Å²) >= 11 is 3.71. The fourth-order valence-corrected chi connectivity index (χ4v) is 0.693. The highest BCUT2D eigenvalue weighted by molar-refractivity contribution is 7.83. The average molecular weight is 203 g/mol. The van der Waals surface area contributed by atoms with Gasteiger partial charge in [-0.05, 0) is 5.41 Å². The van der Waals surface area contributed by atoms with Gasteiger partial charge in [0.15, 0.2) is 0 Å². The number of carbonyl (C=O) groups is 2. The lowest BCUT2D eigenvalue weighted by molar-refractivity contribution is -0.120. The van der Waals surface area contributed by atoms with Crippen molar-refractivity contribution in [2.24, 2.45) is 5.73 Å². The molecule has 4 N–H and O–H groups in total. The van der Waals surface area contributed by atoms with Crippen LogP contribution < -0.4 is 16.4 Å². The van der Waals surface area contributed by atoms with Gasteiger partial charge in [0.2, 0.25) is 5.91 Å². The Morgan fingerprint density at radius 1 is 1.54 bits per heavy atom. The third-order valence-corrected chi connectivity index (χ3v) is 1.60. The van der Waals surface area contributed by atoms with Crippen molar-refractivity contribution in [1.29, 1.82) is 0 Å². The molecule has 0 bridgehead atoms. The van der Waals surface area contributed by atoms with Gasteiger partial charge in [0.1, 0.15) is 5.70 Å². The molecule has 13 heavy (non-hydrogen) atoms. The van der Waals surface area contributed by atoms with Crippen molar-refractivity contribution < 1.29 is 9.59 Å². The van der Waals surface area contributed by atoms with Crippen LogP contribution in [-0.2, 0) is 9.59 Å². The fraction of sp³-hybridized carbons (Fsp3) is 0.429. The smallest absolute Gasteiger partial charge is 0.267 e. The molecular weight excluding hydrogens is 190 g/mol. The first-order chi connectivity index (χ1) is 6.11. The van der Waals surface area contributed by atoms with Crippen LogP contribution in [0.2, 0.25) is 0 Å². The van der Waals surface area contributed by atoms with E-state index in [1.807, 2.05) is 0 Å². The molecule has 0 heterocycles. The molecule has 0 aromatic rings. The molecule has 0 aliphatic heterocycles. The fourth-order valence-electron chi connectivity index (χ4n) is 0.575. The van der Waals surface area contributed by atoms with E-state index in [4.69, 9.17) is 5.73 Å². The molecule has 74 valence electrons. The number of amides is 2. The average Bonchev–Trinajstić information content (AvgIpc) is 2.15. The Kier molecular flexibility index (Phi) is 5.79. The van der Waals surface area contributed by atoms with Crippen LogP contribution in [-0.4, -0.2) is 25.4 Å². The zero-order valence-corrected chi connectivity index (χ0v) is 8.23. The molecule has 0 aliphatic carbocycles. The number of nitrogens with one attached hydrogen (secondary N) is 2. The second-order valence-electron chi connectivity index (χ2n) is 2.26. The van der Waals surface area contributed by atoms with E-state index >= 15 is 0 Å². The van der Waals surface area contributed by atoms with Gasteiger partial charge in [0.25, 0.3) is 5.91 Å². The molecule has 0 saturated carbocycles. The Balaban J connectivity index is 3.66. The van der Waals surface area contributed by atoms with Crippen molar-refractivity contribution in [3.63, 3.8) is 0 Å². The van der Waals surface area contributed by atoms with E-state index in [1.165, 1.54) is 12.5 Å². The number of hydrogen-bond acceptors (Lipinski definition) is 4. The van der Waals surface area contributed by atoms with E-state index in [1.54, 1.807) is 0 Å². The van der Waals surface area contributed by atoms with Crippen LogP contribution >= 0.6 is 12.6 Å². The van der Waals surface area contributed by atoms with E-state index in [0.29, 0.717) is 0 Å². The van der Waals surface area contributed by atoms with Gasteiger partial charge in [-0.2, -0.15) is 0 Å². The summed E-state index contributed by atoms with van der Waals surface area (Å²) in [5, 5.41) is 6.09. The lowest BCUT2D eigenvalue weighted by Crippen LogP contribution is -2.32. The van der Waals surface area contributed by atoms with Gasteiger partial charge in [0.05, 0.1) is 0 Å². The van der Waals surface area contributed by atoms with Crippen LogP contribution in [0.15, 0.2) is 11.1 Å². The largest absolute Gasteiger partial charge is 0.394 e. The lowest BCUT2D eigenvalue weighted by Gasteiger charge is -2.03. The summed E-state index contributed by atoms with van der Waals surface area (Å²) in [5.74, 6) is -0.548. The van der Waals surface area contributed by atoms with E-state index < -0.39 is 5.91 Å². The Hall–Kier alpha value is -1.17. The third kappa shape index (κ3) is 5.13. The monoisotopic (exact) mass is 203 g/mol. The van der Waals surface area contributed by atoms with Gasteiger partial charge in [-0.1, -0.05) is 0 Å². The van der Waals surface area contributed by atoms with Crippen LogP contribution in [0.4, 0.5) is 0 Å². The van der Waals surface area contributed by atoms with E-state index in [2.05, 4.69) is 23.3 Å². The van der Waals surface area contributed by atoms with Crippen molar-refractivity contribution in [2.45, 2.75) is 6.42 Å². The van der Waals surface area contributed by atoms with E-state index in [9.17, 15) is 9.59 Å². The van der Waals surface area contributed by atoms with Crippen molar-refractivity contribution in [3.05, 3.63) is 11.1 Å². The van der Waals surface area contributed by atoms with Crippen molar-refractivity contribution in [1.82, 2.24) is 10.6 Å². The summed E-state index contributed by atoms with van der Waals surface area (Å²) < 4.78 is 0. The molecule has 0 spiro atoms. The zero-order chi connectivity index (χ0) is 10.3. The van der Waals surface area contributed by atoms with Gasteiger partial charge in [0, 0.05) is 20.0 Å². The van der Waals surface area contributed by atoms with Gasteiger partial charge in [-0.25, -0.2) is 0 Å². The molecule has 0 fully saturated rings.